The number of anilines is 1. The van der Waals surface area contributed by atoms with Gasteiger partial charge in [0.05, 0.1) is 24.8 Å². The summed E-state index contributed by atoms with van der Waals surface area (Å²) in [5, 5.41) is 12.3. The maximum absolute atomic E-state index is 11.3. The highest BCUT2D eigenvalue weighted by atomic mass is 32.1. The molecule has 1 saturated carbocycles. The van der Waals surface area contributed by atoms with Gasteiger partial charge in [-0.15, -0.1) is 11.3 Å². The lowest BCUT2D eigenvalue weighted by Crippen LogP contribution is -2.50. The van der Waals surface area contributed by atoms with Gasteiger partial charge in [-0.2, -0.15) is 0 Å². The van der Waals surface area contributed by atoms with Crippen LogP contribution in [0.3, 0.4) is 0 Å². The number of benzene rings is 2. The van der Waals surface area contributed by atoms with Gasteiger partial charge in [-0.1, -0.05) is 29.8 Å². The monoisotopic (exact) mass is 519 g/mol. The molecule has 3 aromatic rings. The molecule has 1 spiro atoms. The Balaban J connectivity index is 1.12. The molecule has 1 aromatic heterocycles. The minimum Gasteiger partial charge on any atom is -0.488 e. The molecule has 2 saturated heterocycles. The first kappa shape index (κ1) is 24.4. The van der Waals surface area contributed by atoms with Gasteiger partial charge in [0.25, 0.3) is 0 Å². The average molecular weight is 520 g/mol. The van der Waals surface area contributed by atoms with E-state index in [4.69, 9.17) is 14.5 Å². The first-order valence-corrected chi connectivity index (χ1v) is 13.8. The SMILES string of the molecule is Cc1ccc(OCc2ccc(CN3CCOCC3)cc2C)c(-c2csc(N3CC4(CC4C(=O)O)C3)n2)c1. The van der Waals surface area contributed by atoms with Crippen LogP contribution in [0.4, 0.5) is 5.13 Å². The summed E-state index contributed by atoms with van der Waals surface area (Å²) in [7, 11) is 0. The number of morpholine rings is 1. The summed E-state index contributed by atoms with van der Waals surface area (Å²) in [4.78, 5) is 20.9. The normalized spacial score (nSPS) is 20.6. The number of aromatic nitrogens is 1. The zero-order chi connectivity index (χ0) is 25.6. The molecule has 1 N–H and O–H groups in total. The Morgan fingerprint density at radius 1 is 1.19 bits per heavy atom. The topological polar surface area (TPSA) is 75.1 Å². The van der Waals surface area contributed by atoms with Crippen LogP contribution >= 0.6 is 11.3 Å². The van der Waals surface area contributed by atoms with Gasteiger partial charge in [0.1, 0.15) is 12.4 Å². The van der Waals surface area contributed by atoms with Crippen molar-refractivity contribution in [2.45, 2.75) is 33.4 Å². The molecule has 7 nitrogen and oxygen atoms in total. The summed E-state index contributed by atoms with van der Waals surface area (Å²) < 4.78 is 11.8. The van der Waals surface area contributed by atoms with Crippen molar-refractivity contribution in [1.29, 1.82) is 0 Å². The molecule has 8 heteroatoms. The highest BCUT2D eigenvalue weighted by molar-refractivity contribution is 7.14. The quantitative estimate of drug-likeness (QED) is 0.460. The van der Waals surface area contributed by atoms with Crippen LogP contribution in [0.15, 0.2) is 41.8 Å². The third kappa shape index (κ3) is 4.98. The van der Waals surface area contributed by atoms with E-state index in [0.717, 1.165) is 80.1 Å². The van der Waals surface area contributed by atoms with E-state index in [0.29, 0.717) is 6.61 Å². The molecule has 0 radical (unpaired) electrons. The first-order valence-electron chi connectivity index (χ1n) is 13.0. The molecular formula is C29H33N3O4S. The Morgan fingerprint density at radius 2 is 2.00 bits per heavy atom. The number of thiazole rings is 1. The molecular weight excluding hydrogens is 486 g/mol. The van der Waals surface area contributed by atoms with Crippen molar-refractivity contribution in [2.75, 3.05) is 44.3 Å². The van der Waals surface area contributed by atoms with E-state index in [1.165, 1.54) is 16.7 Å². The second kappa shape index (κ2) is 9.74. The zero-order valence-corrected chi connectivity index (χ0v) is 22.2. The Bertz CT molecular complexity index is 1310. The van der Waals surface area contributed by atoms with E-state index >= 15 is 0 Å². The zero-order valence-electron chi connectivity index (χ0n) is 21.4. The number of rotatable bonds is 8. The number of carboxylic acid groups (broad SMARTS) is 1. The lowest BCUT2D eigenvalue weighted by molar-refractivity contribution is -0.139. The maximum atomic E-state index is 11.3. The van der Waals surface area contributed by atoms with Crippen LogP contribution in [-0.2, 0) is 22.7 Å². The van der Waals surface area contributed by atoms with E-state index < -0.39 is 5.97 Å². The molecule has 3 aliphatic rings. The van der Waals surface area contributed by atoms with Crippen molar-refractivity contribution >= 4 is 22.4 Å². The van der Waals surface area contributed by atoms with Gasteiger partial charge in [-0.05, 0) is 49.1 Å². The van der Waals surface area contributed by atoms with E-state index in [2.05, 4.69) is 59.4 Å². The Kier molecular flexibility index (Phi) is 6.42. The number of aliphatic carboxylic acids is 1. The fourth-order valence-electron chi connectivity index (χ4n) is 5.59. The molecule has 1 atom stereocenters. The maximum Gasteiger partial charge on any atom is 0.307 e. The first-order chi connectivity index (χ1) is 17.9. The standard InChI is InChI=1S/C29H33N3O4S/c1-19-3-6-26(36-15-22-5-4-21(12-20(22)2)14-31-7-9-35-10-8-31)23(11-19)25-16-37-28(30-25)32-17-29(18-32)13-24(29)27(33)34/h3-6,11-12,16,24H,7-10,13-15,17-18H2,1-2H3,(H,33,34). The smallest absolute Gasteiger partial charge is 0.307 e. The molecule has 3 fully saturated rings. The van der Waals surface area contributed by atoms with E-state index in [1.54, 1.807) is 11.3 Å². The highest BCUT2D eigenvalue weighted by Crippen LogP contribution is 2.59. The predicted molar refractivity (Wildman–Crippen MR) is 144 cm³/mol. The number of hydrogen-bond acceptors (Lipinski definition) is 7. The van der Waals surface area contributed by atoms with Gasteiger partial charge in [0, 0.05) is 49.1 Å². The summed E-state index contributed by atoms with van der Waals surface area (Å²) in [6, 6.07) is 12.9. The fourth-order valence-corrected chi connectivity index (χ4v) is 6.42. The van der Waals surface area contributed by atoms with Crippen molar-refractivity contribution in [3.8, 4) is 17.0 Å². The van der Waals surface area contributed by atoms with Gasteiger partial charge in [-0.3, -0.25) is 9.69 Å². The van der Waals surface area contributed by atoms with Crippen LogP contribution in [0.2, 0.25) is 0 Å². The highest BCUT2D eigenvalue weighted by Gasteiger charge is 2.65. The summed E-state index contributed by atoms with van der Waals surface area (Å²) in [5.74, 6) is -0.0210. The molecule has 1 aliphatic carbocycles. The van der Waals surface area contributed by atoms with E-state index in [-0.39, 0.29) is 11.3 Å². The van der Waals surface area contributed by atoms with Crippen molar-refractivity contribution < 1.29 is 19.4 Å². The second-order valence-electron chi connectivity index (χ2n) is 10.8. The van der Waals surface area contributed by atoms with Crippen LogP contribution in [0.5, 0.6) is 5.75 Å². The predicted octanol–water partition coefficient (Wildman–Crippen LogP) is 4.75. The molecule has 3 heterocycles. The van der Waals surface area contributed by atoms with Gasteiger partial charge >= 0.3 is 5.97 Å². The van der Waals surface area contributed by atoms with Gasteiger partial charge in [0.15, 0.2) is 5.13 Å². The van der Waals surface area contributed by atoms with Crippen LogP contribution in [-0.4, -0.2) is 60.4 Å². The number of ether oxygens (including phenoxy) is 2. The van der Waals surface area contributed by atoms with Crippen LogP contribution in [0, 0.1) is 25.2 Å². The molecule has 0 bridgehead atoms. The Hall–Kier alpha value is -2.94. The minimum atomic E-state index is -0.664. The molecule has 194 valence electrons. The summed E-state index contributed by atoms with van der Waals surface area (Å²) in [6.07, 6.45) is 0.792. The van der Waals surface area contributed by atoms with Crippen LogP contribution in [0.25, 0.3) is 11.3 Å². The molecule has 0 amide bonds. The lowest BCUT2D eigenvalue weighted by atomic mass is 9.94. The number of hydrogen-bond donors (Lipinski definition) is 1. The van der Waals surface area contributed by atoms with Crippen molar-refractivity contribution in [2.24, 2.45) is 11.3 Å². The number of carboxylic acids is 1. The van der Waals surface area contributed by atoms with Crippen molar-refractivity contribution in [1.82, 2.24) is 9.88 Å². The van der Waals surface area contributed by atoms with Crippen LogP contribution in [0.1, 0.15) is 28.7 Å². The molecule has 37 heavy (non-hydrogen) atoms. The fraction of sp³-hybridized carbons (Fsp3) is 0.448. The Labute approximate surface area is 221 Å². The molecule has 1 unspecified atom stereocenters. The van der Waals surface area contributed by atoms with Crippen molar-refractivity contribution in [3.05, 3.63) is 64.0 Å². The molecule has 2 aliphatic heterocycles. The van der Waals surface area contributed by atoms with E-state index in [9.17, 15) is 9.90 Å². The third-order valence-corrected chi connectivity index (χ3v) is 8.87. The van der Waals surface area contributed by atoms with Crippen molar-refractivity contribution in [3.63, 3.8) is 0 Å². The van der Waals surface area contributed by atoms with Gasteiger partial charge in [0.2, 0.25) is 0 Å². The van der Waals surface area contributed by atoms with E-state index in [1.807, 2.05) is 6.07 Å². The average Bonchev–Trinajstić information content (AvgIpc) is 3.45. The number of carbonyl (C=O) groups is 1. The summed E-state index contributed by atoms with van der Waals surface area (Å²) in [6.45, 7) is 10.9. The second-order valence-corrected chi connectivity index (χ2v) is 11.6. The summed E-state index contributed by atoms with van der Waals surface area (Å²) >= 11 is 1.61. The lowest BCUT2D eigenvalue weighted by Gasteiger charge is -2.40. The summed E-state index contributed by atoms with van der Waals surface area (Å²) in [5.41, 5.74) is 6.78. The third-order valence-electron chi connectivity index (χ3n) is 7.97. The van der Waals surface area contributed by atoms with Crippen LogP contribution < -0.4 is 9.64 Å². The largest absolute Gasteiger partial charge is 0.488 e. The molecule has 2 aromatic carbocycles. The number of aryl methyl sites for hydroxylation is 2. The Morgan fingerprint density at radius 3 is 2.73 bits per heavy atom. The van der Waals surface area contributed by atoms with Gasteiger partial charge < -0.3 is 19.5 Å². The van der Waals surface area contributed by atoms with Gasteiger partial charge in [-0.25, -0.2) is 4.98 Å². The molecule has 6 rings (SSSR count). The minimum absolute atomic E-state index is 0.0229. The number of nitrogens with zero attached hydrogens (tertiary/aromatic N) is 3.